The summed E-state index contributed by atoms with van der Waals surface area (Å²) in [6, 6.07) is 16.0. The first kappa shape index (κ1) is 20.2. The SMILES string of the molecule is CC(Oc1ccc2c(c1)OCC=C2c1ccccc1)C(=O)N1CCCC(c2nn[nH]n2)C1. The number of nitrogens with zero attached hydrogens (tertiary/aromatic N) is 4. The second-order valence-corrected chi connectivity index (χ2v) is 8.11. The minimum Gasteiger partial charge on any atom is -0.489 e. The second-order valence-electron chi connectivity index (χ2n) is 8.11. The fourth-order valence-electron chi connectivity index (χ4n) is 4.38. The lowest BCUT2D eigenvalue weighted by Crippen LogP contribution is -2.45. The number of ether oxygens (including phenoxy) is 2. The molecular formula is C24H25N5O3. The van der Waals surface area contributed by atoms with Crippen LogP contribution in [-0.4, -0.2) is 57.2 Å². The van der Waals surface area contributed by atoms with Crippen molar-refractivity contribution in [2.75, 3.05) is 19.7 Å². The van der Waals surface area contributed by atoms with E-state index in [1.54, 1.807) is 6.92 Å². The van der Waals surface area contributed by atoms with Gasteiger partial charge >= 0.3 is 0 Å². The first-order chi connectivity index (χ1) is 15.7. The highest BCUT2D eigenvalue weighted by atomic mass is 16.5. The van der Waals surface area contributed by atoms with Crippen molar-refractivity contribution in [3.63, 3.8) is 0 Å². The molecule has 0 spiro atoms. The Bertz CT molecular complexity index is 1110. The molecular weight excluding hydrogens is 406 g/mol. The number of hydrogen-bond donors (Lipinski definition) is 1. The molecule has 0 saturated carbocycles. The molecule has 5 rings (SSSR count). The number of likely N-dealkylation sites (tertiary alicyclic amines) is 1. The van der Waals surface area contributed by atoms with Crippen molar-refractivity contribution in [1.29, 1.82) is 0 Å². The molecule has 2 aliphatic rings. The fourth-order valence-corrected chi connectivity index (χ4v) is 4.38. The van der Waals surface area contributed by atoms with E-state index in [1.165, 1.54) is 0 Å². The van der Waals surface area contributed by atoms with Crippen molar-refractivity contribution in [1.82, 2.24) is 25.5 Å². The Balaban J connectivity index is 1.27. The van der Waals surface area contributed by atoms with Gasteiger partial charge in [-0.15, -0.1) is 10.2 Å². The van der Waals surface area contributed by atoms with E-state index in [0.29, 0.717) is 31.3 Å². The van der Waals surface area contributed by atoms with Gasteiger partial charge in [-0.3, -0.25) is 4.79 Å². The molecule has 1 fully saturated rings. The monoisotopic (exact) mass is 431 g/mol. The molecule has 2 unspecified atom stereocenters. The maximum atomic E-state index is 13.0. The minimum atomic E-state index is -0.607. The number of hydrogen-bond acceptors (Lipinski definition) is 6. The van der Waals surface area contributed by atoms with Crippen LogP contribution in [0.2, 0.25) is 0 Å². The van der Waals surface area contributed by atoms with Crippen molar-refractivity contribution in [2.45, 2.75) is 31.8 Å². The van der Waals surface area contributed by atoms with Crippen molar-refractivity contribution in [2.24, 2.45) is 0 Å². The summed E-state index contributed by atoms with van der Waals surface area (Å²) >= 11 is 0. The molecule has 164 valence electrons. The summed E-state index contributed by atoms with van der Waals surface area (Å²) < 4.78 is 11.9. The third kappa shape index (κ3) is 4.08. The van der Waals surface area contributed by atoms with E-state index in [9.17, 15) is 4.79 Å². The van der Waals surface area contributed by atoms with E-state index < -0.39 is 6.10 Å². The molecule has 0 bridgehead atoms. The summed E-state index contributed by atoms with van der Waals surface area (Å²) in [4.78, 5) is 14.9. The average molecular weight is 431 g/mol. The molecule has 0 aliphatic carbocycles. The van der Waals surface area contributed by atoms with Gasteiger partial charge in [-0.05, 0) is 49.1 Å². The van der Waals surface area contributed by atoms with Crippen LogP contribution >= 0.6 is 0 Å². The zero-order valence-electron chi connectivity index (χ0n) is 17.9. The fraction of sp³-hybridized carbons (Fsp3) is 0.333. The Morgan fingerprint density at radius 2 is 2.12 bits per heavy atom. The number of carbonyl (C=O) groups excluding carboxylic acids is 1. The van der Waals surface area contributed by atoms with Gasteiger partial charge in [0.25, 0.3) is 5.91 Å². The first-order valence-corrected chi connectivity index (χ1v) is 10.9. The number of tetrazole rings is 1. The third-order valence-corrected chi connectivity index (χ3v) is 5.97. The summed E-state index contributed by atoms with van der Waals surface area (Å²) in [5.41, 5.74) is 3.31. The summed E-state index contributed by atoms with van der Waals surface area (Å²) in [5, 5.41) is 14.3. The predicted molar refractivity (Wildman–Crippen MR) is 118 cm³/mol. The lowest BCUT2D eigenvalue weighted by molar-refractivity contribution is -0.139. The highest BCUT2D eigenvalue weighted by Crippen LogP contribution is 2.37. The molecule has 3 heterocycles. The van der Waals surface area contributed by atoms with Crippen LogP contribution < -0.4 is 9.47 Å². The van der Waals surface area contributed by atoms with Crippen LogP contribution in [0.25, 0.3) is 5.57 Å². The highest BCUT2D eigenvalue weighted by Gasteiger charge is 2.30. The maximum absolute atomic E-state index is 13.0. The number of piperidine rings is 1. The van der Waals surface area contributed by atoms with E-state index in [4.69, 9.17) is 9.47 Å². The summed E-state index contributed by atoms with van der Waals surface area (Å²) in [7, 11) is 0. The third-order valence-electron chi connectivity index (χ3n) is 5.97. The van der Waals surface area contributed by atoms with Crippen molar-refractivity contribution >= 4 is 11.5 Å². The van der Waals surface area contributed by atoms with E-state index in [-0.39, 0.29) is 11.8 Å². The van der Waals surface area contributed by atoms with Crippen LogP contribution in [-0.2, 0) is 4.79 Å². The van der Waals surface area contributed by atoms with E-state index in [0.717, 1.165) is 35.3 Å². The summed E-state index contributed by atoms with van der Waals surface area (Å²) in [6.45, 7) is 3.57. The second kappa shape index (κ2) is 8.82. The average Bonchev–Trinajstić information content (AvgIpc) is 3.39. The molecule has 2 atom stereocenters. The Labute approximate surface area is 186 Å². The number of fused-ring (bicyclic) bond motifs is 1. The molecule has 2 aliphatic heterocycles. The molecule has 8 nitrogen and oxygen atoms in total. The van der Waals surface area contributed by atoms with Crippen LogP contribution in [0.3, 0.4) is 0 Å². The van der Waals surface area contributed by atoms with Crippen LogP contribution in [0.5, 0.6) is 11.5 Å². The number of carbonyl (C=O) groups is 1. The van der Waals surface area contributed by atoms with Crippen LogP contribution in [0.1, 0.15) is 42.6 Å². The highest BCUT2D eigenvalue weighted by molar-refractivity contribution is 5.84. The zero-order chi connectivity index (χ0) is 21.9. The number of nitrogens with one attached hydrogen (secondary N) is 1. The zero-order valence-corrected chi connectivity index (χ0v) is 17.9. The Morgan fingerprint density at radius 3 is 2.94 bits per heavy atom. The maximum Gasteiger partial charge on any atom is 0.263 e. The van der Waals surface area contributed by atoms with Crippen molar-refractivity contribution in [3.8, 4) is 11.5 Å². The number of H-pyrrole nitrogens is 1. The summed E-state index contributed by atoms with van der Waals surface area (Å²) in [6.07, 6.45) is 3.32. The first-order valence-electron chi connectivity index (χ1n) is 10.9. The molecule has 2 aromatic carbocycles. The van der Waals surface area contributed by atoms with Crippen LogP contribution in [0, 0.1) is 0 Å². The molecule has 0 radical (unpaired) electrons. The number of aromatic nitrogens is 4. The van der Waals surface area contributed by atoms with Gasteiger partial charge in [0, 0.05) is 30.6 Å². The van der Waals surface area contributed by atoms with Gasteiger partial charge in [0.15, 0.2) is 11.9 Å². The molecule has 1 amide bonds. The molecule has 1 N–H and O–H groups in total. The molecule has 8 heteroatoms. The normalized spacial score (nSPS) is 18.8. The smallest absolute Gasteiger partial charge is 0.263 e. The van der Waals surface area contributed by atoms with Gasteiger partial charge in [-0.25, -0.2) is 0 Å². The van der Waals surface area contributed by atoms with Gasteiger partial charge in [0.05, 0.1) is 0 Å². The van der Waals surface area contributed by atoms with Crippen molar-refractivity contribution < 1.29 is 14.3 Å². The van der Waals surface area contributed by atoms with E-state index >= 15 is 0 Å². The van der Waals surface area contributed by atoms with Gasteiger partial charge in [-0.1, -0.05) is 35.5 Å². The topological polar surface area (TPSA) is 93.2 Å². The quantitative estimate of drug-likeness (QED) is 0.667. The standard InChI is InChI=1S/C24H25N5O3/c1-16(24(30)29-12-5-8-18(15-29)23-25-27-28-26-23)32-19-9-10-21-20(11-13-31-22(21)14-19)17-6-3-2-4-7-17/h2-4,6-7,9-11,14,16,18H,5,8,12-13,15H2,1H3,(H,25,26,27,28). The van der Waals surface area contributed by atoms with E-state index in [1.807, 2.05) is 41.3 Å². The number of rotatable bonds is 5. The Hall–Kier alpha value is -3.68. The van der Waals surface area contributed by atoms with Crippen LogP contribution in [0.4, 0.5) is 0 Å². The molecule has 1 saturated heterocycles. The predicted octanol–water partition coefficient (Wildman–Crippen LogP) is 3.20. The number of benzene rings is 2. The minimum absolute atomic E-state index is 0.0401. The van der Waals surface area contributed by atoms with E-state index in [2.05, 4.69) is 38.8 Å². The molecule has 1 aromatic heterocycles. The van der Waals surface area contributed by atoms with Gasteiger partial charge in [0.2, 0.25) is 0 Å². The van der Waals surface area contributed by atoms with Crippen LogP contribution in [0.15, 0.2) is 54.6 Å². The Morgan fingerprint density at radius 1 is 1.25 bits per heavy atom. The van der Waals surface area contributed by atoms with Crippen molar-refractivity contribution in [3.05, 3.63) is 71.6 Å². The lowest BCUT2D eigenvalue weighted by atomic mass is 9.95. The molecule has 3 aromatic rings. The largest absolute Gasteiger partial charge is 0.489 e. The molecule has 32 heavy (non-hydrogen) atoms. The van der Waals surface area contributed by atoms with Gasteiger partial charge in [-0.2, -0.15) is 5.21 Å². The Kier molecular flexibility index (Phi) is 5.58. The van der Waals surface area contributed by atoms with Gasteiger partial charge in [0.1, 0.15) is 18.1 Å². The van der Waals surface area contributed by atoms with Gasteiger partial charge < -0.3 is 14.4 Å². The number of aromatic amines is 1. The number of amides is 1. The summed E-state index contributed by atoms with van der Waals surface area (Å²) in [5.74, 6) is 2.09. The lowest BCUT2D eigenvalue weighted by Gasteiger charge is -2.33.